The van der Waals surface area contributed by atoms with E-state index in [0.29, 0.717) is 0 Å². The number of nitrogen functional groups attached to an aromatic ring is 1. The Balaban J connectivity index is 1.81. The Morgan fingerprint density at radius 1 is 1.05 bits per heavy atom. The molecule has 19 nitrogen and oxygen atoms in total. The summed E-state index contributed by atoms with van der Waals surface area (Å²) in [6.45, 7) is 4.82. The second kappa shape index (κ2) is 10.5. The minimum Gasteiger partial charge on any atom is -0.464 e. The monoisotopic (exact) mass is 593 g/mol. The zero-order valence-electron chi connectivity index (χ0n) is 19.5. The van der Waals surface area contributed by atoms with Gasteiger partial charge in [0.1, 0.15) is 24.6 Å². The number of rotatable bonds is 10. The number of aliphatic hydroxyl groups excluding tert-OH is 2. The van der Waals surface area contributed by atoms with Crippen LogP contribution in [0.1, 0.15) is 27.0 Å². The quantitative estimate of drug-likeness (QED) is 0.175. The van der Waals surface area contributed by atoms with Crippen LogP contribution in [0.3, 0.4) is 0 Å². The molecule has 0 amide bonds. The Labute approximate surface area is 208 Å². The molecular formula is C15H26N5O14P3. The van der Waals surface area contributed by atoms with E-state index < -0.39 is 54.6 Å². The van der Waals surface area contributed by atoms with Gasteiger partial charge in [-0.1, -0.05) is 20.8 Å². The van der Waals surface area contributed by atoms with E-state index in [-0.39, 0.29) is 35.0 Å². The molecule has 2 aromatic heterocycles. The lowest BCUT2D eigenvalue weighted by Crippen LogP contribution is -2.33. The number of nitrogens with two attached hydrogens (primary N) is 1. The molecular weight excluding hydrogens is 567 g/mol. The molecule has 1 saturated heterocycles. The van der Waals surface area contributed by atoms with Gasteiger partial charge < -0.3 is 45.0 Å². The van der Waals surface area contributed by atoms with Crippen LogP contribution in [0.25, 0.3) is 11.2 Å². The molecule has 3 rings (SSSR count). The Morgan fingerprint density at radius 2 is 1.70 bits per heavy atom. The molecule has 0 radical (unpaired) electrons. The van der Waals surface area contributed by atoms with Crippen LogP contribution in [0.15, 0.2) is 6.33 Å². The summed E-state index contributed by atoms with van der Waals surface area (Å²) in [5.41, 5.74) is 5.72. The maximum Gasteiger partial charge on any atom is 0.490 e. The molecule has 210 valence electrons. The van der Waals surface area contributed by atoms with Crippen LogP contribution >= 0.6 is 23.5 Å². The van der Waals surface area contributed by atoms with Gasteiger partial charge in [0.15, 0.2) is 23.2 Å². The number of ether oxygens (including phenoxy) is 2. The molecule has 8 N–H and O–H groups in total. The molecule has 37 heavy (non-hydrogen) atoms. The van der Waals surface area contributed by atoms with E-state index in [1.54, 1.807) is 0 Å². The van der Waals surface area contributed by atoms with Gasteiger partial charge in [-0.2, -0.15) is 13.6 Å². The first-order chi connectivity index (χ1) is 16.8. The maximum absolute atomic E-state index is 12.0. The molecule has 1 fully saturated rings. The molecule has 0 spiro atoms. The maximum atomic E-state index is 12.0. The van der Waals surface area contributed by atoms with Gasteiger partial charge in [-0.15, -0.1) is 0 Å². The highest BCUT2D eigenvalue weighted by Crippen LogP contribution is 2.66. The molecule has 0 aromatic carbocycles. The Kier molecular flexibility index (Phi) is 8.54. The van der Waals surface area contributed by atoms with Crippen LogP contribution in [0.2, 0.25) is 0 Å². The smallest absolute Gasteiger partial charge is 0.464 e. The minimum atomic E-state index is -5.75. The van der Waals surface area contributed by atoms with Crippen molar-refractivity contribution < 1.29 is 66.1 Å². The molecule has 0 aliphatic carbocycles. The molecule has 0 bridgehead atoms. The summed E-state index contributed by atoms with van der Waals surface area (Å²) in [6, 6.07) is -0.0955. The van der Waals surface area contributed by atoms with E-state index in [0.717, 1.165) is 6.33 Å². The second-order valence-corrected chi connectivity index (χ2v) is 13.4. The molecule has 22 heteroatoms. The van der Waals surface area contributed by atoms with Crippen molar-refractivity contribution in [2.45, 2.75) is 45.3 Å². The molecule has 1 aliphatic rings. The number of anilines is 1. The number of phosphoric ester groups is 1. The van der Waals surface area contributed by atoms with Crippen molar-refractivity contribution >= 4 is 40.4 Å². The third-order valence-electron chi connectivity index (χ3n) is 4.52. The Hall–Kier alpha value is -1.56. The molecule has 0 saturated carbocycles. The summed E-state index contributed by atoms with van der Waals surface area (Å²) in [5.74, 6) is -0.0124. The number of phosphoric acid groups is 3. The van der Waals surface area contributed by atoms with Crippen molar-refractivity contribution in [1.29, 1.82) is 0 Å². The first-order valence-electron chi connectivity index (χ1n) is 10.2. The summed E-state index contributed by atoms with van der Waals surface area (Å²) in [5, 5.41) is 21.1. The van der Waals surface area contributed by atoms with Crippen LogP contribution in [-0.4, -0.2) is 80.8 Å². The van der Waals surface area contributed by atoms with Gasteiger partial charge in [-0.3, -0.25) is 4.52 Å². The number of nitrogens with zero attached hydrogens (tertiary/aromatic N) is 4. The predicted octanol–water partition coefficient (Wildman–Crippen LogP) is -0.204. The first-order valence-corrected chi connectivity index (χ1v) is 14.7. The summed E-state index contributed by atoms with van der Waals surface area (Å²) < 4.78 is 58.5. The van der Waals surface area contributed by atoms with Crippen LogP contribution in [0, 0.1) is 5.41 Å². The highest BCUT2D eigenvalue weighted by Gasteiger charge is 2.48. The average molecular weight is 593 g/mol. The van der Waals surface area contributed by atoms with E-state index in [1.807, 2.05) is 20.8 Å². The van der Waals surface area contributed by atoms with Gasteiger partial charge in [0.05, 0.1) is 13.2 Å². The van der Waals surface area contributed by atoms with Crippen LogP contribution in [-0.2, 0) is 31.6 Å². The fourth-order valence-electron chi connectivity index (χ4n) is 3.07. The lowest BCUT2D eigenvalue weighted by atomic mass is 9.99. The van der Waals surface area contributed by atoms with Crippen LogP contribution in [0.4, 0.5) is 5.82 Å². The van der Waals surface area contributed by atoms with Crippen molar-refractivity contribution in [3.8, 4) is 6.01 Å². The van der Waals surface area contributed by atoms with Crippen molar-refractivity contribution in [3.05, 3.63) is 6.33 Å². The summed E-state index contributed by atoms with van der Waals surface area (Å²) in [4.78, 5) is 48.2. The number of hydrogen-bond donors (Lipinski definition) is 7. The molecule has 3 heterocycles. The largest absolute Gasteiger partial charge is 0.490 e. The third-order valence-corrected chi connectivity index (χ3v) is 8.32. The van der Waals surface area contributed by atoms with Crippen molar-refractivity contribution in [2.75, 3.05) is 18.9 Å². The zero-order chi connectivity index (χ0) is 28.0. The zero-order valence-corrected chi connectivity index (χ0v) is 22.1. The van der Waals surface area contributed by atoms with Gasteiger partial charge in [-0.25, -0.2) is 28.2 Å². The SMILES string of the molecule is CC(C)(C)COc1nc2c(N)ncnc2n1[C@@H]1O[C@H](COP(=O)(O)OP(=O)(O)OP(=O)(O)O)[C@@H](O)[C@H]1O. The standard InChI is InChI=1S/C15H26N5O14P3/c1-15(2,3)5-30-14-19-8-11(16)17-6-18-12(8)20(14)13-10(22)9(21)7(32-13)4-31-36(26,27)34-37(28,29)33-35(23,24)25/h6-7,9-10,13,21-22H,4-5H2,1-3H3,(H,26,27)(H,28,29)(H2,16,17,18)(H2,23,24,25)/t7-,9-,10-,13-/m1/s1. The van der Waals surface area contributed by atoms with Crippen molar-refractivity contribution in [3.63, 3.8) is 0 Å². The van der Waals surface area contributed by atoms with Crippen LogP contribution in [0.5, 0.6) is 6.01 Å². The van der Waals surface area contributed by atoms with Gasteiger partial charge in [0, 0.05) is 0 Å². The first kappa shape index (κ1) is 30.0. The topological polar surface area (TPSA) is 288 Å². The van der Waals surface area contributed by atoms with Gasteiger partial charge in [0.25, 0.3) is 0 Å². The fourth-order valence-corrected chi connectivity index (χ4v) is 6.10. The van der Waals surface area contributed by atoms with Crippen LogP contribution < -0.4 is 10.5 Å². The second-order valence-electron chi connectivity index (χ2n) is 8.98. The average Bonchev–Trinajstić information content (AvgIpc) is 3.20. The molecule has 2 aromatic rings. The van der Waals surface area contributed by atoms with Crippen molar-refractivity contribution in [1.82, 2.24) is 19.5 Å². The van der Waals surface area contributed by atoms with Gasteiger partial charge in [0.2, 0.25) is 0 Å². The molecule has 1 aliphatic heterocycles. The summed E-state index contributed by atoms with van der Waals surface area (Å²) >= 11 is 0. The van der Waals surface area contributed by atoms with Gasteiger partial charge in [-0.05, 0) is 5.41 Å². The molecule has 2 unspecified atom stereocenters. The normalized spacial score (nSPS) is 26.2. The van der Waals surface area contributed by atoms with Crippen molar-refractivity contribution in [2.24, 2.45) is 5.41 Å². The number of imidazole rings is 1. The Morgan fingerprint density at radius 3 is 2.30 bits per heavy atom. The minimum absolute atomic E-state index is 0.0124. The predicted molar refractivity (Wildman–Crippen MR) is 120 cm³/mol. The number of aliphatic hydroxyl groups is 2. The summed E-state index contributed by atoms with van der Waals surface area (Å²) in [7, 11) is -16.8. The molecule has 6 atom stereocenters. The fraction of sp³-hybridized carbons (Fsp3) is 0.667. The lowest BCUT2D eigenvalue weighted by Gasteiger charge is -2.22. The van der Waals surface area contributed by atoms with E-state index >= 15 is 0 Å². The van der Waals surface area contributed by atoms with E-state index in [1.165, 1.54) is 4.57 Å². The highest BCUT2D eigenvalue weighted by molar-refractivity contribution is 7.66. The third kappa shape index (κ3) is 7.74. The Bertz CT molecular complexity index is 1280. The van der Waals surface area contributed by atoms with E-state index in [2.05, 4.69) is 28.1 Å². The number of aromatic nitrogens is 4. The van der Waals surface area contributed by atoms with Gasteiger partial charge >= 0.3 is 29.5 Å². The van der Waals surface area contributed by atoms with E-state index in [9.17, 15) is 33.7 Å². The summed E-state index contributed by atoms with van der Waals surface area (Å²) in [6.07, 6.45) is -5.28. The lowest BCUT2D eigenvalue weighted by molar-refractivity contribution is -0.0541. The van der Waals surface area contributed by atoms with E-state index in [4.69, 9.17) is 25.0 Å². The number of hydrogen-bond acceptors (Lipinski definition) is 14. The highest BCUT2D eigenvalue weighted by atomic mass is 31.3. The number of fused-ring (bicyclic) bond motifs is 1.